The van der Waals surface area contributed by atoms with Crippen LogP contribution in [-0.2, 0) is 26.2 Å². The molecule has 3 aromatic carbocycles. The minimum Gasteiger partial charge on any atom is -0.352 e. The molecule has 1 aliphatic rings. The minimum absolute atomic E-state index is 0.0346. The molecule has 4 rings (SSSR count). The molecule has 1 saturated carbocycles. The number of anilines is 1. The molecule has 0 heterocycles. The van der Waals surface area contributed by atoms with Gasteiger partial charge in [-0.3, -0.25) is 13.9 Å². The van der Waals surface area contributed by atoms with Crippen LogP contribution in [0.15, 0.2) is 66.7 Å². The van der Waals surface area contributed by atoms with Gasteiger partial charge in [0.05, 0.1) is 11.9 Å². The molecule has 0 aliphatic heterocycles. The molecule has 1 N–H and O–H groups in total. The number of sulfonamides is 1. The van der Waals surface area contributed by atoms with E-state index in [1.807, 2.05) is 18.2 Å². The highest BCUT2D eigenvalue weighted by Gasteiger charge is 2.32. The first-order chi connectivity index (χ1) is 18.1. The molecule has 0 bridgehead atoms. The van der Waals surface area contributed by atoms with Gasteiger partial charge in [-0.15, -0.1) is 0 Å². The van der Waals surface area contributed by atoms with Crippen molar-refractivity contribution in [3.63, 3.8) is 0 Å². The van der Waals surface area contributed by atoms with Gasteiger partial charge < -0.3 is 10.2 Å². The largest absolute Gasteiger partial charge is 0.352 e. The predicted octanol–water partition coefficient (Wildman–Crippen LogP) is 4.61. The number of rotatable bonds is 9. The normalized spacial score (nSPS) is 15.1. The van der Waals surface area contributed by atoms with Crippen molar-refractivity contribution >= 4 is 38.3 Å². The van der Waals surface area contributed by atoms with Gasteiger partial charge in [0.25, 0.3) is 0 Å². The third kappa shape index (κ3) is 6.51. The summed E-state index contributed by atoms with van der Waals surface area (Å²) < 4.78 is 41.5. The molecule has 1 atom stereocenters. The van der Waals surface area contributed by atoms with E-state index in [9.17, 15) is 22.4 Å². The molecule has 9 heteroatoms. The lowest BCUT2D eigenvalue weighted by Gasteiger charge is -2.33. The smallest absolute Gasteiger partial charge is 0.244 e. The van der Waals surface area contributed by atoms with E-state index in [-0.39, 0.29) is 24.1 Å². The summed E-state index contributed by atoms with van der Waals surface area (Å²) in [7, 11) is -3.88. The van der Waals surface area contributed by atoms with Gasteiger partial charge in [0.2, 0.25) is 21.8 Å². The summed E-state index contributed by atoms with van der Waals surface area (Å²) in [4.78, 5) is 28.3. The highest BCUT2D eigenvalue weighted by Crippen LogP contribution is 2.29. The van der Waals surface area contributed by atoms with Gasteiger partial charge >= 0.3 is 0 Å². The molecule has 7 nitrogen and oxygen atoms in total. The molecule has 0 saturated heterocycles. The lowest BCUT2D eigenvalue weighted by Crippen LogP contribution is -2.53. The predicted molar refractivity (Wildman–Crippen MR) is 148 cm³/mol. The third-order valence-corrected chi connectivity index (χ3v) is 8.26. The monoisotopic (exact) mass is 539 g/mol. The van der Waals surface area contributed by atoms with Crippen LogP contribution >= 0.6 is 0 Å². The summed E-state index contributed by atoms with van der Waals surface area (Å²) in [6.45, 7) is 0.903. The van der Waals surface area contributed by atoms with Crippen LogP contribution in [0.3, 0.4) is 0 Å². The van der Waals surface area contributed by atoms with Crippen molar-refractivity contribution < 1.29 is 22.4 Å². The summed E-state index contributed by atoms with van der Waals surface area (Å²) in [5.74, 6) is -1.44. The molecule has 202 valence electrons. The zero-order chi connectivity index (χ0) is 27.3. The number of carbonyl (C=O) groups excluding carboxylic acids is 2. The van der Waals surface area contributed by atoms with Crippen LogP contribution in [0, 0.1) is 5.82 Å². The number of nitrogens with zero attached hydrogens (tertiary/aromatic N) is 2. The van der Waals surface area contributed by atoms with E-state index in [2.05, 4.69) is 5.32 Å². The zero-order valence-electron chi connectivity index (χ0n) is 21.8. The van der Waals surface area contributed by atoms with Crippen LogP contribution in [0.5, 0.6) is 0 Å². The average molecular weight is 540 g/mol. The number of amides is 2. The van der Waals surface area contributed by atoms with Crippen LogP contribution in [0.25, 0.3) is 10.8 Å². The van der Waals surface area contributed by atoms with Crippen LogP contribution in [-0.4, -0.2) is 50.0 Å². The Kier molecular flexibility index (Phi) is 8.66. The Morgan fingerprint density at radius 2 is 1.63 bits per heavy atom. The second kappa shape index (κ2) is 11.9. The lowest BCUT2D eigenvalue weighted by atomic mass is 9.95. The zero-order valence-corrected chi connectivity index (χ0v) is 22.6. The Bertz CT molecular complexity index is 1400. The van der Waals surface area contributed by atoms with Gasteiger partial charge in [-0.25, -0.2) is 12.8 Å². The Balaban J connectivity index is 1.65. The standard InChI is InChI=1S/C29H34FN3O4S/c1-21(29(35)31-24-14-4-3-5-15-24)32(19-23-12-7-9-17-26(23)30)28(34)20-33(38(2,36)37)27-18-10-13-22-11-6-8-16-25(22)27/h6-13,16-18,21,24H,3-5,14-15,19-20H2,1-2H3,(H,31,35)/t21-/m0/s1. The number of nitrogens with one attached hydrogen (secondary N) is 1. The maximum atomic E-state index is 14.6. The highest BCUT2D eigenvalue weighted by molar-refractivity contribution is 7.92. The van der Waals surface area contributed by atoms with E-state index in [1.165, 1.54) is 11.0 Å². The van der Waals surface area contributed by atoms with Crippen molar-refractivity contribution in [3.8, 4) is 0 Å². The maximum Gasteiger partial charge on any atom is 0.244 e. The summed E-state index contributed by atoms with van der Waals surface area (Å²) >= 11 is 0. The minimum atomic E-state index is -3.88. The summed E-state index contributed by atoms with van der Waals surface area (Å²) in [5.41, 5.74) is 0.610. The number of hydrogen-bond donors (Lipinski definition) is 1. The molecule has 3 aromatic rings. The quantitative estimate of drug-likeness (QED) is 0.430. The number of benzene rings is 3. The average Bonchev–Trinajstić information content (AvgIpc) is 2.90. The topological polar surface area (TPSA) is 86.8 Å². The molecule has 0 radical (unpaired) electrons. The Hall–Kier alpha value is -3.46. The van der Waals surface area contributed by atoms with Gasteiger partial charge in [0.15, 0.2) is 0 Å². The molecule has 38 heavy (non-hydrogen) atoms. The molecular formula is C29H34FN3O4S. The van der Waals surface area contributed by atoms with E-state index in [0.717, 1.165) is 48.1 Å². The first kappa shape index (κ1) is 27.6. The second-order valence-corrected chi connectivity index (χ2v) is 11.8. The maximum absolute atomic E-state index is 14.6. The Morgan fingerprint density at radius 3 is 2.34 bits per heavy atom. The Labute approximate surface area is 223 Å². The van der Waals surface area contributed by atoms with Crippen molar-refractivity contribution in [1.29, 1.82) is 0 Å². The first-order valence-electron chi connectivity index (χ1n) is 12.9. The molecular weight excluding hydrogens is 505 g/mol. The lowest BCUT2D eigenvalue weighted by molar-refractivity contribution is -0.139. The van der Waals surface area contributed by atoms with Crippen molar-refractivity contribution in [2.45, 2.75) is 57.7 Å². The van der Waals surface area contributed by atoms with Gasteiger partial charge in [-0.2, -0.15) is 0 Å². The first-order valence-corrected chi connectivity index (χ1v) is 14.8. The Morgan fingerprint density at radius 1 is 0.974 bits per heavy atom. The molecule has 0 aromatic heterocycles. The summed E-state index contributed by atoms with van der Waals surface area (Å²) in [5, 5.41) is 4.54. The van der Waals surface area contributed by atoms with Crippen molar-refractivity contribution in [1.82, 2.24) is 10.2 Å². The number of halogens is 1. The highest BCUT2D eigenvalue weighted by atomic mass is 32.2. The fraction of sp³-hybridized carbons (Fsp3) is 0.379. The van der Waals surface area contributed by atoms with Crippen molar-refractivity contribution in [3.05, 3.63) is 78.1 Å². The molecule has 2 amide bonds. The fourth-order valence-electron chi connectivity index (χ4n) is 4.98. The van der Waals surface area contributed by atoms with E-state index < -0.39 is 34.3 Å². The number of fused-ring (bicyclic) bond motifs is 1. The molecule has 1 fully saturated rings. The van der Waals surface area contributed by atoms with E-state index >= 15 is 0 Å². The van der Waals surface area contributed by atoms with Crippen LogP contribution < -0.4 is 9.62 Å². The number of carbonyl (C=O) groups is 2. The third-order valence-electron chi connectivity index (χ3n) is 7.13. The molecule has 1 aliphatic carbocycles. The van der Waals surface area contributed by atoms with Crippen LogP contribution in [0.1, 0.15) is 44.6 Å². The summed E-state index contributed by atoms with van der Waals surface area (Å²) in [6, 6.07) is 17.7. The van der Waals surface area contributed by atoms with Crippen LogP contribution in [0.4, 0.5) is 10.1 Å². The number of hydrogen-bond acceptors (Lipinski definition) is 4. The van der Waals surface area contributed by atoms with Gasteiger partial charge in [0, 0.05) is 23.5 Å². The van der Waals surface area contributed by atoms with Crippen molar-refractivity contribution in [2.75, 3.05) is 17.1 Å². The van der Waals surface area contributed by atoms with E-state index in [1.54, 1.807) is 49.4 Å². The molecule has 0 unspecified atom stereocenters. The second-order valence-electron chi connectivity index (χ2n) is 9.90. The van der Waals surface area contributed by atoms with Crippen LogP contribution in [0.2, 0.25) is 0 Å². The SMILES string of the molecule is C[C@@H](C(=O)NC1CCCCC1)N(Cc1ccccc1F)C(=O)CN(c1cccc2ccccc12)S(C)(=O)=O. The fourth-order valence-corrected chi connectivity index (χ4v) is 5.84. The van der Waals surface area contributed by atoms with Gasteiger partial charge in [-0.1, -0.05) is 73.9 Å². The van der Waals surface area contributed by atoms with E-state index in [4.69, 9.17) is 0 Å². The van der Waals surface area contributed by atoms with E-state index in [0.29, 0.717) is 11.1 Å². The summed E-state index contributed by atoms with van der Waals surface area (Å²) in [6.07, 6.45) is 6.00. The van der Waals surface area contributed by atoms with Crippen molar-refractivity contribution in [2.24, 2.45) is 0 Å². The van der Waals surface area contributed by atoms with Gasteiger partial charge in [-0.05, 0) is 37.3 Å². The molecule has 0 spiro atoms. The van der Waals surface area contributed by atoms with Gasteiger partial charge in [0.1, 0.15) is 18.4 Å².